The summed E-state index contributed by atoms with van der Waals surface area (Å²) in [5.74, 6) is 0. The maximum absolute atomic E-state index is 6.41. The first-order valence-electron chi connectivity index (χ1n) is 9.58. The van der Waals surface area contributed by atoms with Gasteiger partial charge in [-0.2, -0.15) is 0 Å². The van der Waals surface area contributed by atoms with E-state index in [0.717, 1.165) is 43.7 Å². The first kappa shape index (κ1) is 18.8. The van der Waals surface area contributed by atoms with Crippen molar-refractivity contribution in [2.45, 2.75) is 0 Å². The Balaban J connectivity index is 2.01. The molecule has 0 saturated carbocycles. The molecule has 0 unspecified atom stereocenters. The van der Waals surface area contributed by atoms with Crippen LogP contribution >= 0.6 is 23.2 Å². The normalized spacial score (nSPS) is 12.7. The Morgan fingerprint density at radius 2 is 0.967 bits per heavy atom. The molecule has 144 valence electrons. The zero-order chi connectivity index (χ0) is 20.5. The highest BCUT2D eigenvalue weighted by molar-refractivity contribution is 6.41. The van der Waals surface area contributed by atoms with Gasteiger partial charge in [0.05, 0.1) is 32.2 Å². The van der Waals surface area contributed by atoms with Gasteiger partial charge in [-0.15, -0.1) is 0 Å². The van der Waals surface area contributed by atoms with E-state index in [-0.39, 0.29) is 0 Å². The van der Waals surface area contributed by atoms with Crippen molar-refractivity contribution in [3.8, 4) is 0 Å². The third-order valence-corrected chi connectivity index (χ3v) is 5.73. The molecular formula is C26H16Cl2N2. The Morgan fingerprint density at radius 3 is 1.63 bits per heavy atom. The third-order valence-electron chi connectivity index (χ3n) is 5.01. The second kappa shape index (κ2) is 7.91. The van der Waals surface area contributed by atoms with E-state index in [4.69, 9.17) is 33.2 Å². The van der Waals surface area contributed by atoms with E-state index >= 15 is 0 Å². The summed E-state index contributed by atoms with van der Waals surface area (Å²) in [4.78, 5) is 10.2. The lowest BCUT2D eigenvalue weighted by Gasteiger charge is -2.10. The second-order valence-corrected chi connectivity index (χ2v) is 7.77. The Labute approximate surface area is 183 Å². The fraction of sp³-hybridized carbons (Fsp3) is 0. The van der Waals surface area contributed by atoms with Crippen LogP contribution in [0.2, 0.25) is 10.0 Å². The maximum Gasteiger partial charge on any atom is 0.0804 e. The molecule has 4 heteroatoms. The summed E-state index contributed by atoms with van der Waals surface area (Å²) in [7, 11) is 0. The molecule has 0 N–H and O–H groups in total. The van der Waals surface area contributed by atoms with Crippen molar-refractivity contribution in [1.29, 1.82) is 0 Å². The number of halogens is 2. The smallest absolute Gasteiger partial charge is 0.0804 e. The van der Waals surface area contributed by atoms with Crippen molar-refractivity contribution in [1.82, 2.24) is 0 Å². The first-order chi connectivity index (χ1) is 14.7. The fourth-order valence-electron chi connectivity index (χ4n) is 3.58. The average molecular weight is 427 g/mol. The molecule has 1 aliphatic heterocycles. The number of para-hydroxylation sites is 1. The van der Waals surface area contributed by atoms with Crippen LogP contribution in [0.15, 0.2) is 107 Å². The van der Waals surface area contributed by atoms with Crippen LogP contribution in [0.1, 0.15) is 11.1 Å². The molecule has 1 heterocycles. The van der Waals surface area contributed by atoms with E-state index in [1.54, 1.807) is 0 Å². The minimum absolute atomic E-state index is 0.466. The zero-order valence-corrected chi connectivity index (χ0v) is 17.4. The molecule has 2 nitrogen and oxygen atoms in total. The Hall–Kier alpha value is -3.20. The van der Waals surface area contributed by atoms with Crippen LogP contribution in [0.25, 0.3) is 11.4 Å². The van der Waals surface area contributed by atoms with Gasteiger partial charge < -0.3 is 0 Å². The Kier molecular flexibility index (Phi) is 4.96. The SMILES string of the molecule is Clc1cc2c(cc1Cl)=C(c1ccccc1)N=c1ccccc1=C(c1ccccc1)N=2. The number of fused-ring (bicyclic) bond motifs is 2. The monoisotopic (exact) mass is 426 g/mol. The van der Waals surface area contributed by atoms with Crippen molar-refractivity contribution in [3.63, 3.8) is 0 Å². The van der Waals surface area contributed by atoms with E-state index < -0.39 is 0 Å². The quantitative estimate of drug-likeness (QED) is 0.457. The van der Waals surface area contributed by atoms with Crippen molar-refractivity contribution in [2.24, 2.45) is 9.98 Å². The lowest BCUT2D eigenvalue weighted by molar-refractivity contribution is 1.20. The van der Waals surface area contributed by atoms with Crippen LogP contribution < -0.4 is 21.2 Å². The Bertz CT molecular complexity index is 1490. The zero-order valence-electron chi connectivity index (χ0n) is 15.9. The highest BCUT2D eigenvalue weighted by Crippen LogP contribution is 2.19. The van der Waals surface area contributed by atoms with E-state index in [9.17, 15) is 0 Å². The van der Waals surface area contributed by atoms with E-state index in [0.29, 0.717) is 10.0 Å². The van der Waals surface area contributed by atoms with E-state index in [2.05, 4.69) is 18.2 Å². The molecule has 0 aromatic heterocycles. The predicted molar refractivity (Wildman–Crippen MR) is 122 cm³/mol. The van der Waals surface area contributed by atoms with Gasteiger partial charge >= 0.3 is 0 Å². The first-order valence-corrected chi connectivity index (χ1v) is 10.3. The van der Waals surface area contributed by atoms with Crippen molar-refractivity contribution >= 4 is 34.6 Å². The average Bonchev–Trinajstić information content (AvgIpc) is 2.78. The van der Waals surface area contributed by atoms with Crippen molar-refractivity contribution in [2.75, 3.05) is 0 Å². The van der Waals surface area contributed by atoms with Gasteiger partial charge in [0.2, 0.25) is 0 Å². The van der Waals surface area contributed by atoms with Gasteiger partial charge in [0.25, 0.3) is 0 Å². The lowest BCUT2D eigenvalue weighted by Crippen LogP contribution is -2.34. The summed E-state index contributed by atoms with van der Waals surface area (Å²) in [5, 5.41) is 4.35. The number of rotatable bonds is 2. The molecule has 0 fully saturated rings. The number of benzene rings is 4. The molecule has 0 bridgehead atoms. The predicted octanol–water partition coefficient (Wildman–Crippen LogP) is 4.26. The van der Waals surface area contributed by atoms with Crippen LogP contribution in [0.5, 0.6) is 0 Å². The van der Waals surface area contributed by atoms with Gasteiger partial charge in [0.1, 0.15) is 0 Å². The lowest BCUT2D eigenvalue weighted by atomic mass is 10.1. The van der Waals surface area contributed by atoms with Gasteiger partial charge in [0.15, 0.2) is 0 Å². The summed E-state index contributed by atoms with van der Waals surface area (Å²) in [6.45, 7) is 0. The van der Waals surface area contributed by atoms with Gasteiger partial charge in [0, 0.05) is 21.6 Å². The van der Waals surface area contributed by atoms with Crippen LogP contribution in [0, 0.1) is 0 Å². The van der Waals surface area contributed by atoms with Crippen LogP contribution in [-0.4, -0.2) is 0 Å². The fourth-order valence-corrected chi connectivity index (χ4v) is 3.90. The van der Waals surface area contributed by atoms with Gasteiger partial charge in [-0.3, -0.25) is 0 Å². The van der Waals surface area contributed by atoms with Crippen molar-refractivity contribution < 1.29 is 0 Å². The van der Waals surface area contributed by atoms with Gasteiger partial charge in [-0.25, -0.2) is 9.98 Å². The van der Waals surface area contributed by atoms with Crippen LogP contribution in [0.3, 0.4) is 0 Å². The number of nitrogens with zero attached hydrogens (tertiary/aromatic N) is 2. The van der Waals surface area contributed by atoms with Crippen LogP contribution in [0.4, 0.5) is 0 Å². The third kappa shape index (κ3) is 3.45. The van der Waals surface area contributed by atoms with Crippen LogP contribution in [-0.2, 0) is 0 Å². The van der Waals surface area contributed by atoms with Gasteiger partial charge in [-0.1, -0.05) is 102 Å². The molecule has 0 amide bonds. The topological polar surface area (TPSA) is 24.7 Å². The molecular weight excluding hydrogens is 411 g/mol. The maximum atomic E-state index is 6.41. The summed E-state index contributed by atoms with van der Waals surface area (Å²) >= 11 is 12.8. The molecule has 0 spiro atoms. The van der Waals surface area contributed by atoms with Crippen molar-refractivity contribution in [3.05, 3.63) is 139 Å². The summed E-state index contributed by atoms with van der Waals surface area (Å²) < 4.78 is 0. The molecule has 0 atom stereocenters. The second-order valence-electron chi connectivity index (χ2n) is 6.95. The Morgan fingerprint density at radius 1 is 0.467 bits per heavy atom. The molecule has 4 aromatic carbocycles. The minimum atomic E-state index is 0.466. The molecule has 4 aromatic rings. The summed E-state index contributed by atoms with van der Waals surface area (Å²) in [5.41, 5.74) is 3.67. The standard InChI is InChI=1S/C26H16Cl2N2/c27-21-15-20-24(16-22(21)28)30-25(17-9-3-1-4-10-17)19-13-7-8-14-23(19)29-26(20)18-11-5-2-6-12-18/h1-16H. The summed E-state index contributed by atoms with van der Waals surface area (Å²) in [6.07, 6.45) is 0. The molecule has 30 heavy (non-hydrogen) atoms. The number of hydrogen-bond donors (Lipinski definition) is 0. The largest absolute Gasteiger partial charge is 0.247 e. The molecule has 0 aliphatic carbocycles. The number of hydrogen-bond acceptors (Lipinski definition) is 2. The molecule has 0 radical (unpaired) electrons. The molecule has 1 aliphatic rings. The highest BCUT2D eigenvalue weighted by atomic mass is 35.5. The molecule has 5 rings (SSSR count). The highest BCUT2D eigenvalue weighted by Gasteiger charge is 2.11. The van der Waals surface area contributed by atoms with Gasteiger partial charge in [-0.05, 0) is 18.2 Å². The summed E-state index contributed by atoms with van der Waals surface area (Å²) in [6, 6.07) is 31.9. The van der Waals surface area contributed by atoms with E-state index in [1.165, 1.54) is 0 Å². The van der Waals surface area contributed by atoms with E-state index in [1.807, 2.05) is 78.9 Å². The minimum Gasteiger partial charge on any atom is -0.247 e. The molecule has 0 saturated heterocycles.